The van der Waals surface area contributed by atoms with Gasteiger partial charge in [0.1, 0.15) is 16.9 Å². The van der Waals surface area contributed by atoms with E-state index in [2.05, 4.69) is 35.4 Å². The summed E-state index contributed by atoms with van der Waals surface area (Å²) >= 11 is 0. The third-order valence-electron chi connectivity index (χ3n) is 6.05. The molecule has 0 unspecified atom stereocenters. The smallest absolute Gasteiger partial charge is 0.161 e. The van der Waals surface area contributed by atoms with Crippen molar-refractivity contribution in [3.05, 3.63) is 72.9 Å². The number of nitrogens with zero attached hydrogens (tertiary/aromatic N) is 6. The van der Waals surface area contributed by atoms with Crippen LogP contribution < -0.4 is 5.32 Å². The Labute approximate surface area is 211 Å². The summed E-state index contributed by atoms with van der Waals surface area (Å²) in [6.45, 7) is 1.52. The maximum Gasteiger partial charge on any atom is 0.161 e. The van der Waals surface area contributed by atoms with Crippen LogP contribution in [0.3, 0.4) is 0 Å². The molecule has 0 saturated carbocycles. The standard InChI is InChI=1S/C27H24FN9/c1-37(2)11-10-30-19-13-17(12-18(28)14-19)23-24-21(7-9-31-23)33-27(34-24)26-25-22(35-36-26)6-5-20(32-25)16-4-3-8-29-15-16/h3-9,12-15,30H,10-11H2,1-2H3,(H,33,34)(H,35,36). The molecule has 0 radical (unpaired) electrons. The quantitative estimate of drug-likeness (QED) is 0.295. The zero-order chi connectivity index (χ0) is 25.4. The number of imidazole rings is 1. The second-order valence-corrected chi connectivity index (χ2v) is 9.01. The van der Waals surface area contributed by atoms with Gasteiger partial charge in [-0.1, -0.05) is 0 Å². The molecular weight excluding hydrogens is 469 g/mol. The van der Waals surface area contributed by atoms with Gasteiger partial charge in [-0.3, -0.25) is 15.1 Å². The first-order chi connectivity index (χ1) is 18.0. The topological polar surface area (TPSA) is 111 Å². The molecular formula is C27H24FN9. The Hall–Kier alpha value is -4.70. The van der Waals surface area contributed by atoms with Gasteiger partial charge in [-0.2, -0.15) is 5.10 Å². The molecule has 0 aliphatic carbocycles. The molecule has 0 amide bonds. The summed E-state index contributed by atoms with van der Waals surface area (Å²) in [5, 5.41) is 10.8. The minimum absolute atomic E-state index is 0.343. The summed E-state index contributed by atoms with van der Waals surface area (Å²) in [7, 11) is 3.99. The number of likely N-dealkylation sites (N-methyl/N-ethyl adjacent to an activating group) is 1. The second-order valence-electron chi connectivity index (χ2n) is 9.01. The first kappa shape index (κ1) is 22.7. The Morgan fingerprint density at radius 2 is 1.81 bits per heavy atom. The average Bonchev–Trinajstić information content (AvgIpc) is 3.52. The van der Waals surface area contributed by atoms with Gasteiger partial charge in [0.15, 0.2) is 11.5 Å². The fourth-order valence-corrected chi connectivity index (χ4v) is 4.25. The summed E-state index contributed by atoms with van der Waals surface area (Å²) < 4.78 is 14.5. The number of pyridine rings is 3. The molecule has 0 aliphatic rings. The lowest BCUT2D eigenvalue weighted by Crippen LogP contribution is -2.20. The van der Waals surface area contributed by atoms with Gasteiger partial charge in [0, 0.05) is 48.5 Å². The van der Waals surface area contributed by atoms with Gasteiger partial charge in [0.2, 0.25) is 0 Å². The van der Waals surface area contributed by atoms with Gasteiger partial charge in [-0.15, -0.1) is 0 Å². The first-order valence-corrected chi connectivity index (χ1v) is 11.9. The molecule has 1 aromatic carbocycles. The molecule has 6 rings (SSSR count). The minimum atomic E-state index is -0.343. The Morgan fingerprint density at radius 3 is 2.65 bits per heavy atom. The van der Waals surface area contributed by atoms with E-state index in [4.69, 9.17) is 9.97 Å². The van der Waals surface area contributed by atoms with Gasteiger partial charge >= 0.3 is 0 Å². The first-order valence-electron chi connectivity index (χ1n) is 11.9. The van der Waals surface area contributed by atoms with Gasteiger partial charge in [0.25, 0.3) is 0 Å². The number of rotatable bonds is 7. The van der Waals surface area contributed by atoms with E-state index in [0.29, 0.717) is 46.0 Å². The molecule has 0 aliphatic heterocycles. The van der Waals surface area contributed by atoms with E-state index in [1.807, 2.05) is 50.5 Å². The summed E-state index contributed by atoms with van der Waals surface area (Å²) in [5.41, 5.74) is 7.08. The summed E-state index contributed by atoms with van der Waals surface area (Å²) in [4.78, 5) is 23.8. The van der Waals surface area contributed by atoms with Crippen LogP contribution in [-0.4, -0.2) is 67.2 Å². The average molecular weight is 494 g/mol. The van der Waals surface area contributed by atoms with E-state index in [1.54, 1.807) is 18.6 Å². The molecule has 0 atom stereocenters. The fourth-order valence-electron chi connectivity index (χ4n) is 4.25. The maximum absolute atomic E-state index is 14.5. The van der Waals surface area contributed by atoms with Crippen molar-refractivity contribution in [2.24, 2.45) is 0 Å². The van der Waals surface area contributed by atoms with E-state index in [9.17, 15) is 4.39 Å². The predicted molar refractivity (Wildman–Crippen MR) is 142 cm³/mol. The van der Waals surface area contributed by atoms with Crippen molar-refractivity contribution in [2.45, 2.75) is 0 Å². The van der Waals surface area contributed by atoms with Crippen LogP contribution in [0.15, 0.2) is 67.1 Å². The zero-order valence-electron chi connectivity index (χ0n) is 20.3. The number of benzene rings is 1. The van der Waals surface area contributed by atoms with Crippen LogP contribution in [0.2, 0.25) is 0 Å². The lowest BCUT2D eigenvalue weighted by atomic mass is 10.1. The Kier molecular flexibility index (Phi) is 5.78. The number of fused-ring (bicyclic) bond motifs is 2. The SMILES string of the molecule is CN(C)CCNc1cc(F)cc(-c2nccc3[nH]c(-c4n[nH]c5ccc(-c6cccnc6)nc45)nc23)c1. The van der Waals surface area contributed by atoms with Gasteiger partial charge in [-0.25, -0.2) is 14.4 Å². The molecule has 5 heterocycles. The molecule has 9 nitrogen and oxygen atoms in total. The molecule has 0 fully saturated rings. The van der Waals surface area contributed by atoms with Crippen molar-refractivity contribution < 1.29 is 4.39 Å². The Morgan fingerprint density at radius 1 is 0.919 bits per heavy atom. The third-order valence-corrected chi connectivity index (χ3v) is 6.05. The fraction of sp³-hybridized carbons (Fsp3) is 0.148. The summed E-state index contributed by atoms with van der Waals surface area (Å²) in [5.74, 6) is 0.205. The van der Waals surface area contributed by atoms with Crippen LogP contribution in [0, 0.1) is 5.82 Å². The van der Waals surface area contributed by atoms with Crippen molar-refractivity contribution in [3.8, 4) is 34.0 Å². The van der Waals surface area contributed by atoms with Gasteiger partial charge in [-0.05, 0) is 62.6 Å². The normalized spacial score (nSPS) is 11.6. The second kappa shape index (κ2) is 9.40. The molecule has 3 N–H and O–H groups in total. The third kappa shape index (κ3) is 4.50. The number of hydrogen-bond donors (Lipinski definition) is 3. The lowest BCUT2D eigenvalue weighted by Gasteiger charge is -2.12. The molecule has 0 spiro atoms. The van der Waals surface area contributed by atoms with Gasteiger partial charge < -0.3 is 15.2 Å². The van der Waals surface area contributed by atoms with Crippen molar-refractivity contribution in [3.63, 3.8) is 0 Å². The molecule has 0 saturated heterocycles. The van der Waals surface area contributed by atoms with E-state index >= 15 is 0 Å². The van der Waals surface area contributed by atoms with Crippen LogP contribution in [-0.2, 0) is 0 Å². The lowest BCUT2D eigenvalue weighted by molar-refractivity contribution is 0.425. The summed E-state index contributed by atoms with van der Waals surface area (Å²) in [6.07, 6.45) is 5.19. The van der Waals surface area contributed by atoms with Crippen LogP contribution in [0.5, 0.6) is 0 Å². The number of hydrogen-bond acceptors (Lipinski definition) is 7. The highest BCUT2D eigenvalue weighted by molar-refractivity contribution is 5.95. The van der Waals surface area contributed by atoms with E-state index < -0.39 is 0 Å². The largest absolute Gasteiger partial charge is 0.384 e. The van der Waals surface area contributed by atoms with Gasteiger partial charge in [0.05, 0.1) is 22.4 Å². The maximum atomic E-state index is 14.5. The van der Waals surface area contributed by atoms with Crippen molar-refractivity contribution in [1.82, 2.24) is 40.0 Å². The highest BCUT2D eigenvalue weighted by atomic mass is 19.1. The number of nitrogens with one attached hydrogen (secondary N) is 3. The van der Waals surface area contributed by atoms with E-state index in [0.717, 1.165) is 28.8 Å². The number of anilines is 1. The molecule has 6 aromatic rings. The van der Waals surface area contributed by atoms with Crippen LogP contribution >= 0.6 is 0 Å². The molecule has 10 heteroatoms. The Balaban J connectivity index is 1.41. The molecule has 37 heavy (non-hydrogen) atoms. The zero-order valence-corrected chi connectivity index (χ0v) is 20.3. The van der Waals surface area contributed by atoms with Crippen molar-refractivity contribution in [2.75, 3.05) is 32.5 Å². The summed E-state index contributed by atoms with van der Waals surface area (Å²) in [6, 6.07) is 14.4. The molecule has 0 bridgehead atoms. The van der Waals surface area contributed by atoms with Crippen LogP contribution in [0.25, 0.3) is 56.1 Å². The molecule has 5 aromatic heterocycles. The number of halogens is 1. The van der Waals surface area contributed by atoms with E-state index in [1.165, 1.54) is 12.1 Å². The molecule has 184 valence electrons. The number of aromatic nitrogens is 7. The highest BCUT2D eigenvalue weighted by Crippen LogP contribution is 2.32. The van der Waals surface area contributed by atoms with Crippen LogP contribution in [0.4, 0.5) is 10.1 Å². The van der Waals surface area contributed by atoms with Crippen molar-refractivity contribution in [1.29, 1.82) is 0 Å². The van der Waals surface area contributed by atoms with Crippen LogP contribution in [0.1, 0.15) is 0 Å². The van der Waals surface area contributed by atoms with E-state index in [-0.39, 0.29) is 5.82 Å². The monoisotopic (exact) mass is 493 g/mol. The minimum Gasteiger partial charge on any atom is -0.384 e. The number of aromatic amines is 2. The Bertz CT molecular complexity index is 1710. The van der Waals surface area contributed by atoms with Crippen molar-refractivity contribution >= 4 is 27.8 Å². The highest BCUT2D eigenvalue weighted by Gasteiger charge is 2.18. The number of H-pyrrole nitrogens is 2. The predicted octanol–water partition coefficient (Wildman–Crippen LogP) is 4.74.